The normalized spacial score (nSPS) is 13.8. The van der Waals surface area contributed by atoms with Crippen molar-refractivity contribution in [2.45, 2.75) is 19.2 Å². The van der Waals surface area contributed by atoms with Crippen molar-refractivity contribution in [1.82, 2.24) is 0 Å². The molecule has 3 N–H and O–H groups in total. The lowest BCUT2D eigenvalue weighted by Gasteiger charge is -2.19. The van der Waals surface area contributed by atoms with E-state index in [0.717, 1.165) is 0 Å². The molecule has 0 spiro atoms. The maximum Gasteiger partial charge on any atom is 0.426 e. The largest absolute Gasteiger partial charge is 0.448 e. The van der Waals surface area contributed by atoms with Gasteiger partial charge in [-0.1, -0.05) is 11.6 Å². The molecule has 1 unspecified atom stereocenters. The molecule has 0 heterocycles. The third-order valence-corrected chi connectivity index (χ3v) is 3.13. The topological polar surface area (TPSA) is 107 Å². The maximum atomic E-state index is 12.6. The van der Waals surface area contributed by atoms with Gasteiger partial charge in [0, 0.05) is 5.69 Å². The fraction of sp³-hybridized carbons (Fsp3) is 0.364. The van der Waals surface area contributed by atoms with Crippen LogP contribution in [0.4, 0.5) is 18.9 Å². The van der Waals surface area contributed by atoms with Crippen LogP contribution in [-0.4, -0.2) is 37.0 Å². The summed E-state index contributed by atoms with van der Waals surface area (Å²) in [4.78, 5) is 11.7. The number of anilines is 1. The minimum Gasteiger partial charge on any atom is -0.448 e. The highest BCUT2D eigenvalue weighted by Gasteiger charge is 2.45. The summed E-state index contributed by atoms with van der Waals surface area (Å²) in [5.41, 5.74) is 5.57. The second-order valence-electron chi connectivity index (χ2n) is 4.27. The highest BCUT2D eigenvalue weighted by atomic mass is 32.2. The average molecular weight is 327 g/mol. The van der Waals surface area contributed by atoms with E-state index in [0.29, 0.717) is 5.56 Å². The van der Waals surface area contributed by atoms with Crippen molar-refractivity contribution in [3.05, 3.63) is 29.3 Å². The second-order valence-corrected chi connectivity index (χ2v) is 5.77. The molecule has 1 atom stereocenters. The van der Waals surface area contributed by atoms with Crippen LogP contribution in [0.3, 0.4) is 0 Å². The molecule has 0 amide bonds. The van der Waals surface area contributed by atoms with Crippen LogP contribution >= 0.6 is 0 Å². The highest BCUT2D eigenvalue weighted by molar-refractivity contribution is 7.85. The highest BCUT2D eigenvalue weighted by Crippen LogP contribution is 2.26. The Labute approximate surface area is 118 Å². The summed E-state index contributed by atoms with van der Waals surface area (Å²) in [5.74, 6) is -3.21. The van der Waals surface area contributed by atoms with Crippen LogP contribution in [0.25, 0.3) is 0 Å². The minimum absolute atomic E-state index is 0.113. The first-order valence-electron chi connectivity index (χ1n) is 5.49. The summed E-state index contributed by atoms with van der Waals surface area (Å²) in [6, 6.07) is 4.04. The molecule has 1 aromatic rings. The predicted octanol–water partition coefficient (Wildman–Crippen LogP) is 1.55. The zero-order chi connectivity index (χ0) is 16.4. The van der Waals surface area contributed by atoms with Gasteiger partial charge in [0.25, 0.3) is 10.1 Å². The molecule has 0 aliphatic carbocycles. The molecule has 0 saturated carbocycles. The van der Waals surface area contributed by atoms with Crippen LogP contribution in [-0.2, 0) is 14.9 Å². The number of benzene rings is 1. The zero-order valence-electron chi connectivity index (χ0n) is 10.7. The molecule has 0 aliphatic heterocycles. The van der Waals surface area contributed by atoms with Crippen LogP contribution in [0.15, 0.2) is 18.2 Å². The van der Waals surface area contributed by atoms with Gasteiger partial charge in [-0.3, -0.25) is 4.55 Å². The number of nitrogens with two attached hydrogens (primary N) is 1. The zero-order valence-corrected chi connectivity index (χ0v) is 11.5. The van der Waals surface area contributed by atoms with Crippen molar-refractivity contribution in [3.63, 3.8) is 0 Å². The van der Waals surface area contributed by atoms with Crippen molar-refractivity contribution in [1.29, 1.82) is 0 Å². The van der Waals surface area contributed by atoms with Crippen LogP contribution < -0.4 is 5.73 Å². The first-order chi connectivity index (χ1) is 9.40. The van der Waals surface area contributed by atoms with Gasteiger partial charge in [-0.15, -0.1) is 0 Å². The quantitative estimate of drug-likeness (QED) is 0.494. The van der Waals surface area contributed by atoms with E-state index < -0.39 is 34.1 Å². The number of halogens is 3. The lowest BCUT2D eigenvalue weighted by atomic mass is 10.1. The van der Waals surface area contributed by atoms with Gasteiger partial charge in [-0.25, -0.2) is 4.79 Å². The van der Waals surface area contributed by atoms with Crippen molar-refractivity contribution in [2.75, 3.05) is 11.5 Å². The molecular weight excluding hydrogens is 315 g/mol. The third-order valence-electron chi connectivity index (χ3n) is 2.41. The van der Waals surface area contributed by atoms with Crippen molar-refractivity contribution < 1.29 is 35.7 Å². The second kappa shape index (κ2) is 5.90. The van der Waals surface area contributed by atoms with Gasteiger partial charge in [0.2, 0.25) is 6.10 Å². The minimum atomic E-state index is -5.15. The third kappa shape index (κ3) is 5.23. The van der Waals surface area contributed by atoms with E-state index >= 15 is 0 Å². The summed E-state index contributed by atoms with van der Waals surface area (Å²) in [6.07, 6.45) is -8.13. The summed E-state index contributed by atoms with van der Waals surface area (Å²) in [7, 11) is -4.98. The van der Waals surface area contributed by atoms with Gasteiger partial charge >= 0.3 is 12.1 Å². The summed E-state index contributed by atoms with van der Waals surface area (Å²) >= 11 is 0. The molecule has 0 aliphatic rings. The maximum absolute atomic E-state index is 12.6. The van der Waals surface area contributed by atoms with Crippen LogP contribution in [0.5, 0.6) is 0 Å². The van der Waals surface area contributed by atoms with Crippen molar-refractivity contribution >= 4 is 21.8 Å². The van der Waals surface area contributed by atoms with E-state index in [-0.39, 0.29) is 11.3 Å². The number of aryl methyl sites for hydroxylation is 1. The number of ether oxygens (including phenoxy) is 1. The Bertz CT molecular complexity index is 642. The Balaban J connectivity index is 3.03. The average Bonchev–Trinajstić information content (AvgIpc) is 2.28. The fourth-order valence-corrected chi connectivity index (χ4v) is 2.07. The summed E-state index contributed by atoms with van der Waals surface area (Å²) < 4.78 is 71.6. The molecule has 0 fully saturated rings. The Hall–Kier alpha value is -1.81. The van der Waals surface area contributed by atoms with E-state index in [1.807, 2.05) is 0 Å². The molecule has 118 valence electrons. The van der Waals surface area contributed by atoms with Crippen LogP contribution in [0, 0.1) is 6.92 Å². The number of carbonyl (C=O) groups excluding carboxylic acids is 1. The fourth-order valence-electron chi connectivity index (χ4n) is 1.43. The van der Waals surface area contributed by atoms with Gasteiger partial charge in [-0.05, 0) is 19.1 Å². The monoisotopic (exact) mass is 327 g/mol. The lowest BCUT2D eigenvalue weighted by Crippen LogP contribution is -2.39. The Morgan fingerprint density at radius 1 is 1.43 bits per heavy atom. The molecule has 6 nitrogen and oxygen atoms in total. The smallest absolute Gasteiger partial charge is 0.426 e. The lowest BCUT2D eigenvalue weighted by molar-refractivity contribution is -0.197. The standard InChI is InChI=1S/C11H12F3NO5S/c1-6-2-3-8(15)7(4-6)10(16)20-9(11(12,13)14)5-21(17,18)19/h2-4,9H,5,15H2,1H3,(H,17,18,19). The molecule has 10 heteroatoms. The summed E-state index contributed by atoms with van der Waals surface area (Å²) in [5, 5.41) is 0. The first kappa shape index (κ1) is 17.2. The van der Waals surface area contributed by atoms with Crippen LogP contribution in [0.2, 0.25) is 0 Å². The van der Waals surface area contributed by atoms with Gasteiger partial charge < -0.3 is 10.5 Å². The Kier molecular flexibility index (Phi) is 4.84. The number of nitrogen functional groups attached to an aromatic ring is 1. The summed E-state index contributed by atoms with van der Waals surface area (Å²) in [6.45, 7) is 1.58. The first-order valence-corrected chi connectivity index (χ1v) is 7.10. The van der Waals surface area contributed by atoms with Gasteiger partial charge in [0.1, 0.15) is 5.75 Å². The SMILES string of the molecule is Cc1ccc(N)c(C(=O)OC(CS(=O)(=O)O)C(F)(F)F)c1. The molecule has 1 aromatic carbocycles. The molecule has 0 saturated heterocycles. The van der Waals surface area contributed by atoms with E-state index in [2.05, 4.69) is 4.74 Å². The molecule has 21 heavy (non-hydrogen) atoms. The van der Waals surface area contributed by atoms with E-state index in [1.165, 1.54) is 18.2 Å². The Morgan fingerprint density at radius 2 is 2.00 bits per heavy atom. The molecule has 1 rings (SSSR count). The molecule has 0 bridgehead atoms. The van der Waals surface area contributed by atoms with E-state index in [4.69, 9.17) is 10.3 Å². The molecule has 0 aromatic heterocycles. The number of hydrogen-bond donors (Lipinski definition) is 2. The van der Waals surface area contributed by atoms with Gasteiger partial charge in [-0.2, -0.15) is 21.6 Å². The molecule has 0 radical (unpaired) electrons. The Morgan fingerprint density at radius 3 is 2.48 bits per heavy atom. The van der Waals surface area contributed by atoms with Gasteiger partial charge in [0.05, 0.1) is 5.56 Å². The van der Waals surface area contributed by atoms with E-state index in [1.54, 1.807) is 6.92 Å². The number of alkyl halides is 3. The van der Waals surface area contributed by atoms with Crippen molar-refractivity contribution in [2.24, 2.45) is 0 Å². The number of rotatable bonds is 4. The van der Waals surface area contributed by atoms with Crippen molar-refractivity contribution in [3.8, 4) is 0 Å². The van der Waals surface area contributed by atoms with Crippen LogP contribution in [0.1, 0.15) is 15.9 Å². The predicted molar refractivity (Wildman–Crippen MR) is 67.3 cm³/mol. The number of esters is 1. The molecular formula is C11H12F3NO5S. The van der Waals surface area contributed by atoms with E-state index in [9.17, 15) is 26.4 Å². The van der Waals surface area contributed by atoms with Gasteiger partial charge in [0.15, 0.2) is 0 Å². The number of carbonyl (C=O) groups is 1. The number of hydrogen-bond acceptors (Lipinski definition) is 5.